The van der Waals surface area contributed by atoms with Crippen molar-refractivity contribution in [3.63, 3.8) is 0 Å². The van der Waals surface area contributed by atoms with E-state index in [4.69, 9.17) is 5.73 Å². The molecule has 16 heavy (non-hydrogen) atoms. The Morgan fingerprint density at radius 2 is 2.12 bits per heavy atom. The van der Waals surface area contributed by atoms with Gasteiger partial charge in [-0.1, -0.05) is 0 Å². The molecule has 0 fully saturated rings. The Hall–Kier alpha value is -2.50. The second kappa shape index (κ2) is 3.27. The fourth-order valence-electron chi connectivity index (χ4n) is 1.56. The summed E-state index contributed by atoms with van der Waals surface area (Å²) in [4.78, 5) is 4.20. The third kappa shape index (κ3) is 1.28. The number of nitrogens with zero attached hydrogens (tertiary/aromatic N) is 5. The van der Waals surface area contributed by atoms with Gasteiger partial charge in [-0.3, -0.25) is 0 Å². The number of imidazole rings is 1. The fraction of sp³-hybridized carbons (Fsp3) is 0. The predicted molar refractivity (Wildman–Crippen MR) is 58.4 cm³/mol. The molecule has 3 rings (SSSR count). The standard InChI is InChI=1S/C10H8N6/c11-9-6-16-10(14-9)7(3-5-13-16)8-2-1-4-12-15-8/h1-6H,11H2. The van der Waals surface area contributed by atoms with E-state index < -0.39 is 0 Å². The van der Waals surface area contributed by atoms with Gasteiger partial charge in [0.1, 0.15) is 5.82 Å². The molecule has 0 aliphatic rings. The summed E-state index contributed by atoms with van der Waals surface area (Å²) in [6.45, 7) is 0. The van der Waals surface area contributed by atoms with E-state index in [1.165, 1.54) is 0 Å². The predicted octanol–water partition coefficient (Wildman–Crippen LogP) is 0.768. The van der Waals surface area contributed by atoms with Gasteiger partial charge in [0.25, 0.3) is 0 Å². The van der Waals surface area contributed by atoms with Crippen molar-refractivity contribution in [2.45, 2.75) is 0 Å². The molecule has 0 saturated heterocycles. The highest BCUT2D eigenvalue weighted by atomic mass is 15.3. The number of anilines is 1. The molecular weight excluding hydrogens is 204 g/mol. The van der Waals surface area contributed by atoms with Gasteiger partial charge in [0.2, 0.25) is 0 Å². The fourth-order valence-corrected chi connectivity index (χ4v) is 1.56. The Labute approximate surface area is 90.8 Å². The molecule has 0 unspecified atom stereocenters. The summed E-state index contributed by atoms with van der Waals surface area (Å²) in [6.07, 6.45) is 4.97. The minimum atomic E-state index is 0.434. The maximum atomic E-state index is 5.63. The Morgan fingerprint density at radius 1 is 1.19 bits per heavy atom. The van der Waals surface area contributed by atoms with E-state index in [9.17, 15) is 0 Å². The van der Waals surface area contributed by atoms with E-state index in [1.54, 1.807) is 23.1 Å². The first-order valence-corrected chi connectivity index (χ1v) is 4.72. The van der Waals surface area contributed by atoms with E-state index in [-0.39, 0.29) is 0 Å². The number of nitrogen functional groups attached to an aromatic ring is 1. The zero-order valence-corrected chi connectivity index (χ0v) is 8.28. The smallest absolute Gasteiger partial charge is 0.165 e. The molecule has 78 valence electrons. The van der Waals surface area contributed by atoms with Gasteiger partial charge < -0.3 is 5.73 Å². The van der Waals surface area contributed by atoms with Crippen molar-refractivity contribution in [1.82, 2.24) is 24.8 Å². The second-order valence-electron chi connectivity index (χ2n) is 3.29. The molecule has 0 amide bonds. The first-order valence-electron chi connectivity index (χ1n) is 4.72. The highest BCUT2D eigenvalue weighted by Crippen LogP contribution is 2.20. The van der Waals surface area contributed by atoms with Crippen LogP contribution in [0.2, 0.25) is 0 Å². The molecule has 0 aliphatic carbocycles. The Balaban J connectivity index is 2.31. The van der Waals surface area contributed by atoms with E-state index >= 15 is 0 Å². The average molecular weight is 212 g/mol. The lowest BCUT2D eigenvalue weighted by Gasteiger charge is -2.00. The number of fused-ring (bicyclic) bond motifs is 1. The molecule has 0 aromatic carbocycles. The van der Waals surface area contributed by atoms with Crippen LogP contribution < -0.4 is 5.73 Å². The number of nitrogens with two attached hydrogens (primary N) is 1. The summed E-state index contributed by atoms with van der Waals surface area (Å²) in [5.41, 5.74) is 7.92. The molecule has 0 radical (unpaired) electrons. The summed E-state index contributed by atoms with van der Waals surface area (Å²) in [6, 6.07) is 5.53. The van der Waals surface area contributed by atoms with Crippen LogP contribution in [0, 0.1) is 0 Å². The third-order valence-electron chi connectivity index (χ3n) is 2.23. The van der Waals surface area contributed by atoms with E-state index in [2.05, 4.69) is 20.3 Å². The lowest BCUT2D eigenvalue weighted by molar-refractivity contribution is 0.934. The summed E-state index contributed by atoms with van der Waals surface area (Å²) in [5, 5.41) is 12.0. The van der Waals surface area contributed by atoms with Gasteiger partial charge >= 0.3 is 0 Å². The molecule has 3 aromatic heterocycles. The van der Waals surface area contributed by atoms with Crippen LogP contribution in [-0.2, 0) is 0 Å². The van der Waals surface area contributed by atoms with Crippen LogP contribution in [0.5, 0.6) is 0 Å². The van der Waals surface area contributed by atoms with E-state index in [0.717, 1.165) is 11.3 Å². The Kier molecular flexibility index (Phi) is 1.79. The van der Waals surface area contributed by atoms with E-state index in [0.29, 0.717) is 11.5 Å². The Bertz CT molecular complexity index is 630. The number of hydrogen-bond acceptors (Lipinski definition) is 5. The average Bonchev–Trinajstić information content (AvgIpc) is 2.70. The monoisotopic (exact) mass is 212 g/mol. The van der Waals surface area contributed by atoms with Crippen molar-refractivity contribution in [3.8, 4) is 11.3 Å². The van der Waals surface area contributed by atoms with Gasteiger partial charge in [-0.2, -0.15) is 15.3 Å². The molecule has 0 saturated carbocycles. The molecule has 6 nitrogen and oxygen atoms in total. The molecule has 3 aromatic rings. The highest BCUT2D eigenvalue weighted by Gasteiger charge is 2.08. The molecule has 0 bridgehead atoms. The van der Waals surface area contributed by atoms with Crippen molar-refractivity contribution >= 4 is 11.5 Å². The second-order valence-corrected chi connectivity index (χ2v) is 3.29. The zero-order chi connectivity index (χ0) is 11.0. The molecule has 0 atom stereocenters. The topological polar surface area (TPSA) is 82.0 Å². The molecule has 6 heteroatoms. The molecule has 0 spiro atoms. The third-order valence-corrected chi connectivity index (χ3v) is 2.23. The number of rotatable bonds is 1. The van der Waals surface area contributed by atoms with Crippen molar-refractivity contribution in [1.29, 1.82) is 0 Å². The maximum Gasteiger partial charge on any atom is 0.165 e. The largest absolute Gasteiger partial charge is 0.382 e. The maximum absolute atomic E-state index is 5.63. The van der Waals surface area contributed by atoms with Gasteiger partial charge in [0, 0.05) is 18.0 Å². The van der Waals surface area contributed by atoms with Crippen LogP contribution in [0.25, 0.3) is 16.9 Å². The zero-order valence-electron chi connectivity index (χ0n) is 8.28. The molecule has 3 heterocycles. The van der Waals surface area contributed by atoms with Gasteiger partial charge in [-0.15, -0.1) is 0 Å². The van der Waals surface area contributed by atoms with Crippen LogP contribution in [0.1, 0.15) is 0 Å². The summed E-state index contributed by atoms with van der Waals surface area (Å²) >= 11 is 0. The number of aromatic nitrogens is 5. The summed E-state index contributed by atoms with van der Waals surface area (Å²) in [5.74, 6) is 0.434. The van der Waals surface area contributed by atoms with Crippen LogP contribution in [0.15, 0.2) is 36.8 Å². The van der Waals surface area contributed by atoms with Gasteiger partial charge in [-0.25, -0.2) is 9.50 Å². The molecule has 2 N–H and O–H groups in total. The minimum absolute atomic E-state index is 0.434. The van der Waals surface area contributed by atoms with Crippen LogP contribution in [0.3, 0.4) is 0 Å². The van der Waals surface area contributed by atoms with Gasteiger partial charge in [0.05, 0.1) is 11.9 Å². The van der Waals surface area contributed by atoms with Crippen LogP contribution in [0.4, 0.5) is 5.82 Å². The quantitative estimate of drug-likeness (QED) is 0.644. The summed E-state index contributed by atoms with van der Waals surface area (Å²) < 4.78 is 1.62. The first-order chi connectivity index (χ1) is 7.84. The SMILES string of the molecule is Nc1cn2nccc(-c3cccnn3)c2n1. The van der Waals surface area contributed by atoms with Gasteiger partial charge in [-0.05, 0) is 18.2 Å². The lowest BCUT2D eigenvalue weighted by Crippen LogP contribution is -1.93. The van der Waals surface area contributed by atoms with Gasteiger partial charge in [0.15, 0.2) is 5.65 Å². The van der Waals surface area contributed by atoms with Crippen LogP contribution in [-0.4, -0.2) is 24.8 Å². The minimum Gasteiger partial charge on any atom is -0.382 e. The van der Waals surface area contributed by atoms with Crippen LogP contribution >= 0.6 is 0 Å². The van der Waals surface area contributed by atoms with Crippen molar-refractivity contribution < 1.29 is 0 Å². The van der Waals surface area contributed by atoms with Crippen molar-refractivity contribution in [2.75, 3.05) is 5.73 Å². The summed E-state index contributed by atoms with van der Waals surface area (Å²) in [7, 11) is 0. The first kappa shape index (κ1) is 8.78. The Morgan fingerprint density at radius 3 is 2.94 bits per heavy atom. The molecule has 0 aliphatic heterocycles. The number of hydrogen-bond donors (Lipinski definition) is 1. The normalized spacial score (nSPS) is 10.8. The molecular formula is C10H8N6. The van der Waals surface area contributed by atoms with E-state index in [1.807, 2.05) is 18.2 Å². The van der Waals surface area contributed by atoms with Crippen molar-refractivity contribution in [3.05, 3.63) is 36.8 Å². The lowest BCUT2D eigenvalue weighted by atomic mass is 10.2. The van der Waals surface area contributed by atoms with Crippen molar-refractivity contribution in [2.24, 2.45) is 0 Å². The highest BCUT2D eigenvalue weighted by molar-refractivity contribution is 5.75.